The second kappa shape index (κ2) is 11.9. The van der Waals surface area contributed by atoms with E-state index in [9.17, 15) is 14.7 Å². The van der Waals surface area contributed by atoms with Gasteiger partial charge in [0.1, 0.15) is 11.3 Å². The number of aryl methyl sites for hydroxylation is 1. The summed E-state index contributed by atoms with van der Waals surface area (Å²) >= 11 is 1.46. The van der Waals surface area contributed by atoms with Crippen LogP contribution in [-0.2, 0) is 16.6 Å². The Morgan fingerprint density at radius 1 is 1.13 bits per heavy atom. The number of benzene rings is 2. The maximum absolute atomic E-state index is 15.3. The molecule has 2 amide bonds. The molecule has 0 aliphatic carbocycles. The molecule has 1 aliphatic rings. The van der Waals surface area contributed by atoms with Crippen LogP contribution in [0.1, 0.15) is 20.8 Å². The van der Waals surface area contributed by atoms with Crippen molar-refractivity contribution in [3.05, 3.63) is 96.3 Å². The molecule has 2 N–H and O–H groups in total. The van der Waals surface area contributed by atoms with E-state index in [4.69, 9.17) is 4.74 Å². The number of fused-ring (bicyclic) bond motifs is 1. The molecule has 4 heterocycles. The lowest BCUT2D eigenvalue weighted by Gasteiger charge is -2.41. The van der Waals surface area contributed by atoms with Crippen molar-refractivity contribution in [2.45, 2.75) is 26.4 Å². The van der Waals surface area contributed by atoms with Crippen LogP contribution in [-0.4, -0.2) is 55.2 Å². The number of carbonyl (C=O) groups is 2. The Balaban J connectivity index is 1.23. The minimum Gasteiger partial charge on any atom is -0.453 e. The largest absolute Gasteiger partial charge is 0.453 e. The van der Waals surface area contributed by atoms with Gasteiger partial charge in [0.05, 0.1) is 44.6 Å². The molecule has 0 radical (unpaired) electrons. The maximum Gasteiger partial charge on any atom is 0.278 e. The number of thiophene rings is 1. The van der Waals surface area contributed by atoms with Gasteiger partial charge in [0.15, 0.2) is 11.6 Å². The molecule has 12 heteroatoms. The average molecular weight is 627 g/mol. The fraction of sp³-hybridized carbons (Fsp3) is 0.212. The molecule has 0 saturated heterocycles. The molecule has 0 spiro atoms. The van der Waals surface area contributed by atoms with Crippen LogP contribution >= 0.6 is 11.3 Å². The summed E-state index contributed by atoms with van der Waals surface area (Å²) in [5, 5.41) is 16.3. The second-order valence-corrected chi connectivity index (χ2v) is 12.5. The molecule has 6 rings (SSSR count). The zero-order valence-electron chi connectivity index (χ0n) is 25.1. The van der Waals surface area contributed by atoms with Crippen LogP contribution in [0.5, 0.6) is 11.5 Å². The van der Waals surface area contributed by atoms with Crippen molar-refractivity contribution < 1.29 is 23.8 Å². The summed E-state index contributed by atoms with van der Waals surface area (Å²) in [5.74, 6) is -1.48. The third-order valence-electron chi connectivity index (χ3n) is 7.19. The molecule has 3 aromatic heterocycles. The number of hydrogen-bond acceptors (Lipinski definition) is 8. The topological polar surface area (TPSA) is 113 Å². The summed E-state index contributed by atoms with van der Waals surface area (Å²) in [6.07, 6.45) is 5.08. The van der Waals surface area contributed by atoms with E-state index in [1.54, 1.807) is 74.8 Å². The number of aliphatic hydroxyl groups is 1. The van der Waals surface area contributed by atoms with Gasteiger partial charge in [-0.3, -0.25) is 14.6 Å². The van der Waals surface area contributed by atoms with E-state index in [-0.39, 0.29) is 30.1 Å². The van der Waals surface area contributed by atoms with E-state index < -0.39 is 23.2 Å². The number of ether oxygens (including phenoxy) is 1. The van der Waals surface area contributed by atoms with Gasteiger partial charge in [-0.25, -0.2) is 19.4 Å². The molecule has 2 aromatic carbocycles. The van der Waals surface area contributed by atoms with Gasteiger partial charge < -0.3 is 19.7 Å². The first-order chi connectivity index (χ1) is 21.5. The highest BCUT2D eigenvalue weighted by molar-refractivity contribution is 7.22. The van der Waals surface area contributed by atoms with E-state index in [2.05, 4.69) is 15.3 Å². The van der Waals surface area contributed by atoms with Gasteiger partial charge >= 0.3 is 0 Å². The van der Waals surface area contributed by atoms with Crippen LogP contribution < -0.4 is 15.1 Å². The SMILES string of the molecule is CC1=C(C(=O)Nc2ccc(Oc3ccnc4cc(-c5cncn5C)sc34)c(F)c2)C(=O)N(c2ccccc2)N(CC(C)(C)O)C1. The molecule has 0 saturated carbocycles. The van der Waals surface area contributed by atoms with Crippen LogP contribution in [0.3, 0.4) is 0 Å². The fourth-order valence-electron chi connectivity index (χ4n) is 5.24. The van der Waals surface area contributed by atoms with Gasteiger partial charge in [0.2, 0.25) is 0 Å². The number of halogens is 1. The van der Waals surface area contributed by atoms with E-state index in [0.29, 0.717) is 22.5 Å². The zero-order valence-corrected chi connectivity index (χ0v) is 25.9. The van der Waals surface area contributed by atoms with Crippen LogP contribution in [0.15, 0.2) is 90.5 Å². The number of rotatable bonds is 8. The number of hydrogen-bond donors (Lipinski definition) is 2. The van der Waals surface area contributed by atoms with Crippen LogP contribution in [0.25, 0.3) is 20.8 Å². The fourth-order valence-corrected chi connectivity index (χ4v) is 6.36. The zero-order chi connectivity index (χ0) is 31.9. The molecule has 0 fully saturated rings. The summed E-state index contributed by atoms with van der Waals surface area (Å²) in [6.45, 7) is 5.40. The quantitative estimate of drug-likeness (QED) is 0.206. The normalized spacial score (nSPS) is 14.4. The number of amides is 2. The van der Waals surface area contributed by atoms with Crippen molar-refractivity contribution in [1.82, 2.24) is 19.5 Å². The molecule has 5 aromatic rings. The summed E-state index contributed by atoms with van der Waals surface area (Å²) in [7, 11) is 1.90. The molecule has 0 bridgehead atoms. The number of imidazole rings is 1. The highest BCUT2D eigenvalue weighted by Gasteiger charge is 2.38. The summed E-state index contributed by atoms with van der Waals surface area (Å²) in [5.41, 5.74) is 1.74. The number of nitrogens with zero attached hydrogens (tertiary/aromatic N) is 5. The van der Waals surface area contributed by atoms with Crippen LogP contribution in [0.2, 0.25) is 0 Å². The first kappa shape index (κ1) is 30.1. The van der Waals surface area contributed by atoms with Crippen LogP contribution in [0.4, 0.5) is 15.8 Å². The minimum absolute atomic E-state index is 0.0300. The molecule has 0 unspecified atom stereocenters. The smallest absolute Gasteiger partial charge is 0.278 e. The minimum atomic E-state index is -1.10. The van der Waals surface area contributed by atoms with Crippen LogP contribution in [0, 0.1) is 5.82 Å². The Kier molecular flexibility index (Phi) is 7.96. The molecular formula is C33H31FN6O4S. The number of pyridine rings is 1. The number of β-amino-alcohol motifs (C(OH)–C–C–N with tert-alkyl or cyclic N) is 1. The Labute approximate surface area is 263 Å². The van der Waals surface area contributed by atoms with Gasteiger partial charge in [-0.2, -0.15) is 0 Å². The van der Waals surface area contributed by atoms with Gasteiger partial charge in [-0.15, -0.1) is 11.3 Å². The summed E-state index contributed by atoms with van der Waals surface area (Å²) in [4.78, 5) is 36.8. The predicted octanol–water partition coefficient (Wildman–Crippen LogP) is 5.92. The lowest BCUT2D eigenvalue weighted by atomic mass is 10.0. The highest BCUT2D eigenvalue weighted by atomic mass is 32.1. The Morgan fingerprint density at radius 2 is 1.91 bits per heavy atom. The standard InChI is InChI=1S/C33H31FN6O4S/c1-20-17-39(18-33(2,3)43)40(22-8-6-5-7-9-22)32(42)29(20)31(41)37-21-10-11-26(23(34)14-21)44-27-12-13-36-24-15-28(45-30(24)27)25-16-35-19-38(25)4/h5-16,19,43H,17-18H2,1-4H3,(H,37,41). The lowest BCUT2D eigenvalue weighted by molar-refractivity contribution is -0.123. The predicted molar refractivity (Wildman–Crippen MR) is 171 cm³/mol. The van der Waals surface area contributed by atoms with E-state index in [0.717, 1.165) is 21.3 Å². The number of aromatic nitrogens is 3. The Bertz CT molecular complexity index is 1950. The number of hydrazine groups is 1. The lowest BCUT2D eigenvalue weighted by Crippen LogP contribution is -2.56. The van der Waals surface area contributed by atoms with Gasteiger partial charge in [-0.05, 0) is 56.7 Å². The number of anilines is 2. The number of para-hydroxylation sites is 1. The van der Waals surface area contributed by atoms with Crippen molar-refractivity contribution in [1.29, 1.82) is 0 Å². The number of carbonyl (C=O) groups excluding carboxylic acids is 2. The molecule has 230 valence electrons. The molecule has 1 aliphatic heterocycles. The molecule has 45 heavy (non-hydrogen) atoms. The maximum atomic E-state index is 15.3. The van der Waals surface area contributed by atoms with Gasteiger partial charge in [0.25, 0.3) is 11.8 Å². The van der Waals surface area contributed by atoms with E-state index in [1.807, 2.05) is 23.7 Å². The first-order valence-electron chi connectivity index (χ1n) is 14.2. The van der Waals surface area contributed by atoms with Crippen molar-refractivity contribution in [3.63, 3.8) is 0 Å². The van der Waals surface area contributed by atoms with Crippen molar-refractivity contribution in [3.8, 4) is 22.1 Å². The third kappa shape index (κ3) is 6.21. The van der Waals surface area contributed by atoms with Crippen molar-refractivity contribution >= 4 is 44.7 Å². The average Bonchev–Trinajstić information content (AvgIpc) is 3.60. The second-order valence-electron chi connectivity index (χ2n) is 11.5. The van der Waals surface area contributed by atoms with Crippen molar-refractivity contribution in [2.24, 2.45) is 7.05 Å². The number of nitrogens with one attached hydrogen (secondary N) is 1. The van der Waals surface area contributed by atoms with E-state index in [1.165, 1.54) is 28.5 Å². The first-order valence-corrected chi connectivity index (χ1v) is 15.0. The van der Waals surface area contributed by atoms with Gasteiger partial charge in [0, 0.05) is 44.2 Å². The third-order valence-corrected chi connectivity index (χ3v) is 8.35. The van der Waals surface area contributed by atoms with E-state index >= 15 is 4.39 Å². The van der Waals surface area contributed by atoms with Crippen molar-refractivity contribution in [2.75, 3.05) is 23.4 Å². The molecule has 0 atom stereocenters. The monoisotopic (exact) mass is 626 g/mol. The van der Waals surface area contributed by atoms with Gasteiger partial charge in [-0.1, -0.05) is 18.2 Å². The highest BCUT2D eigenvalue weighted by Crippen LogP contribution is 2.39. The molecular weight excluding hydrogens is 595 g/mol. The Morgan fingerprint density at radius 3 is 2.60 bits per heavy atom. The summed E-state index contributed by atoms with van der Waals surface area (Å²) < 4.78 is 24.0. The molecule has 10 nitrogen and oxygen atoms in total. The Hall–Kier alpha value is -4.91. The summed E-state index contributed by atoms with van der Waals surface area (Å²) in [6, 6.07) is 16.6.